The fourth-order valence-corrected chi connectivity index (χ4v) is 3.71. The maximum absolute atomic E-state index is 5.82. The van der Waals surface area contributed by atoms with Gasteiger partial charge < -0.3 is 24.4 Å². The zero-order valence-electron chi connectivity index (χ0n) is 18.0. The zero-order chi connectivity index (χ0) is 21.8. The van der Waals surface area contributed by atoms with Gasteiger partial charge in [0, 0.05) is 13.1 Å². The van der Waals surface area contributed by atoms with Gasteiger partial charge in [-0.15, -0.1) is 0 Å². The molecule has 0 unspecified atom stereocenters. The third-order valence-electron chi connectivity index (χ3n) is 5.19. The molecule has 3 aromatic carbocycles. The molecule has 3 aromatic rings. The van der Waals surface area contributed by atoms with Crippen molar-refractivity contribution in [3.8, 4) is 17.2 Å². The highest BCUT2D eigenvalue weighted by atomic mass is 32.1. The van der Waals surface area contributed by atoms with Gasteiger partial charge in [-0.25, -0.2) is 0 Å². The number of hydrogen-bond acceptors (Lipinski definition) is 4. The monoisotopic (exact) mass is 434 g/mol. The summed E-state index contributed by atoms with van der Waals surface area (Å²) in [5.74, 6) is 2.31. The molecule has 0 aliphatic carbocycles. The number of rotatable bonds is 6. The Morgan fingerprint density at radius 1 is 0.903 bits per heavy atom. The summed E-state index contributed by atoms with van der Waals surface area (Å²) in [5.41, 5.74) is 5.49. The van der Waals surface area contributed by atoms with Crippen LogP contribution in [-0.4, -0.2) is 23.9 Å². The molecule has 0 saturated carbocycles. The molecule has 6 heteroatoms. The average molecular weight is 435 g/mol. The van der Waals surface area contributed by atoms with Crippen molar-refractivity contribution in [1.29, 1.82) is 0 Å². The molecule has 160 valence electrons. The van der Waals surface area contributed by atoms with E-state index in [4.69, 9.17) is 26.4 Å². The molecule has 0 spiro atoms. The van der Waals surface area contributed by atoms with Crippen LogP contribution in [0.5, 0.6) is 17.2 Å². The minimum atomic E-state index is 0.263. The van der Waals surface area contributed by atoms with E-state index in [0.717, 1.165) is 34.1 Å². The van der Waals surface area contributed by atoms with Crippen molar-refractivity contribution in [3.05, 3.63) is 82.9 Å². The summed E-state index contributed by atoms with van der Waals surface area (Å²) in [6.45, 7) is 5.69. The predicted octanol–water partition coefficient (Wildman–Crippen LogP) is 5.44. The van der Waals surface area contributed by atoms with E-state index in [9.17, 15) is 0 Å². The van der Waals surface area contributed by atoms with Crippen molar-refractivity contribution < 1.29 is 14.2 Å². The molecule has 0 atom stereocenters. The van der Waals surface area contributed by atoms with Crippen LogP contribution in [-0.2, 0) is 13.1 Å². The number of ether oxygens (including phenoxy) is 3. The second-order valence-corrected chi connectivity index (χ2v) is 8.05. The largest absolute Gasteiger partial charge is 0.495 e. The number of nitrogens with zero attached hydrogens (tertiary/aromatic N) is 1. The Morgan fingerprint density at radius 3 is 2.35 bits per heavy atom. The molecular formula is C25H26N2O3S. The van der Waals surface area contributed by atoms with E-state index in [2.05, 4.69) is 41.4 Å². The SMILES string of the molecule is COc1cc(C)ccc1NC(=S)N(Cc1ccc(C)cc1)Cc1ccc2c(c1)OCO2. The van der Waals surface area contributed by atoms with E-state index in [1.54, 1.807) is 7.11 Å². The number of thiocarbonyl (C=S) groups is 1. The lowest BCUT2D eigenvalue weighted by Gasteiger charge is -2.27. The lowest BCUT2D eigenvalue weighted by molar-refractivity contribution is 0.174. The van der Waals surface area contributed by atoms with Crippen LogP contribution in [0.3, 0.4) is 0 Å². The van der Waals surface area contributed by atoms with Gasteiger partial charge in [0.25, 0.3) is 0 Å². The van der Waals surface area contributed by atoms with Gasteiger partial charge in [0.1, 0.15) is 5.75 Å². The third kappa shape index (κ3) is 5.09. The number of methoxy groups -OCH3 is 1. The molecule has 1 heterocycles. The number of anilines is 1. The minimum Gasteiger partial charge on any atom is -0.495 e. The smallest absolute Gasteiger partial charge is 0.231 e. The zero-order valence-corrected chi connectivity index (χ0v) is 18.8. The molecule has 0 radical (unpaired) electrons. The van der Waals surface area contributed by atoms with Gasteiger partial charge in [-0.05, 0) is 67.0 Å². The lowest BCUT2D eigenvalue weighted by Crippen LogP contribution is -2.34. The number of hydrogen-bond donors (Lipinski definition) is 1. The Bertz CT molecular complexity index is 1080. The number of aryl methyl sites for hydroxylation is 2. The van der Waals surface area contributed by atoms with E-state index >= 15 is 0 Å². The van der Waals surface area contributed by atoms with E-state index < -0.39 is 0 Å². The van der Waals surface area contributed by atoms with Gasteiger partial charge in [-0.3, -0.25) is 0 Å². The molecule has 1 aliphatic rings. The van der Waals surface area contributed by atoms with Crippen molar-refractivity contribution >= 4 is 23.0 Å². The molecule has 0 aromatic heterocycles. The molecule has 31 heavy (non-hydrogen) atoms. The van der Waals surface area contributed by atoms with Gasteiger partial charge in [-0.1, -0.05) is 42.0 Å². The first kappa shape index (κ1) is 21.0. The maximum atomic E-state index is 5.82. The highest BCUT2D eigenvalue weighted by molar-refractivity contribution is 7.80. The summed E-state index contributed by atoms with van der Waals surface area (Å²) in [6, 6.07) is 20.5. The topological polar surface area (TPSA) is 43.0 Å². The summed E-state index contributed by atoms with van der Waals surface area (Å²) in [7, 11) is 1.67. The Labute approximate surface area is 188 Å². The van der Waals surface area contributed by atoms with Crippen molar-refractivity contribution in [2.75, 3.05) is 19.2 Å². The van der Waals surface area contributed by atoms with Crippen LogP contribution in [0.2, 0.25) is 0 Å². The number of nitrogens with one attached hydrogen (secondary N) is 1. The van der Waals surface area contributed by atoms with Crippen molar-refractivity contribution in [1.82, 2.24) is 4.90 Å². The van der Waals surface area contributed by atoms with Gasteiger partial charge in [-0.2, -0.15) is 0 Å². The van der Waals surface area contributed by atoms with Gasteiger partial charge in [0.2, 0.25) is 6.79 Å². The Hall–Kier alpha value is -3.25. The van der Waals surface area contributed by atoms with Crippen molar-refractivity contribution in [2.24, 2.45) is 0 Å². The van der Waals surface area contributed by atoms with E-state index in [0.29, 0.717) is 18.2 Å². The first-order chi connectivity index (χ1) is 15.0. The van der Waals surface area contributed by atoms with Gasteiger partial charge in [0.05, 0.1) is 12.8 Å². The third-order valence-corrected chi connectivity index (χ3v) is 5.55. The van der Waals surface area contributed by atoms with Crippen LogP contribution in [0.15, 0.2) is 60.7 Å². The molecule has 4 rings (SSSR count). The molecule has 0 fully saturated rings. The molecule has 0 amide bonds. The van der Waals surface area contributed by atoms with Crippen LogP contribution in [0, 0.1) is 13.8 Å². The first-order valence-electron chi connectivity index (χ1n) is 10.2. The Balaban J connectivity index is 1.58. The average Bonchev–Trinajstić information content (AvgIpc) is 3.24. The van der Waals surface area contributed by atoms with Crippen LogP contribution in [0.1, 0.15) is 22.3 Å². The normalized spacial score (nSPS) is 11.8. The number of fused-ring (bicyclic) bond motifs is 1. The Kier molecular flexibility index (Phi) is 6.28. The fraction of sp³-hybridized carbons (Fsp3) is 0.240. The van der Waals surface area contributed by atoms with Gasteiger partial charge >= 0.3 is 0 Å². The highest BCUT2D eigenvalue weighted by Gasteiger charge is 2.17. The summed E-state index contributed by atoms with van der Waals surface area (Å²) < 4.78 is 16.5. The fourth-order valence-electron chi connectivity index (χ4n) is 3.47. The summed E-state index contributed by atoms with van der Waals surface area (Å²) >= 11 is 5.82. The maximum Gasteiger partial charge on any atom is 0.231 e. The second kappa shape index (κ2) is 9.27. The van der Waals surface area contributed by atoms with Crippen LogP contribution in [0.4, 0.5) is 5.69 Å². The van der Waals surface area contributed by atoms with E-state index in [-0.39, 0.29) is 6.79 Å². The summed E-state index contributed by atoms with van der Waals surface area (Å²) in [5, 5.41) is 3.99. The molecule has 0 bridgehead atoms. The van der Waals surface area contributed by atoms with Gasteiger partial charge in [0.15, 0.2) is 16.6 Å². The van der Waals surface area contributed by atoms with Crippen molar-refractivity contribution in [3.63, 3.8) is 0 Å². The van der Waals surface area contributed by atoms with Crippen molar-refractivity contribution in [2.45, 2.75) is 26.9 Å². The molecule has 1 aliphatic heterocycles. The number of benzene rings is 3. The quantitative estimate of drug-likeness (QED) is 0.521. The molecule has 5 nitrogen and oxygen atoms in total. The van der Waals surface area contributed by atoms with Crippen LogP contribution < -0.4 is 19.5 Å². The van der Waals surface area contributed by atoms with E-state index in [1.807, 2.05) is 43.3 Å². The van der Waals surface area contributed by atoms with Crippen LogP contribution in [0.25, 0.3) is 0 Å². The first-order valence-corrected chi connectivity index (χ1v) is 10.6. The van der Waals surface area contributed by atoms with Crippen LogP contribution >= 0.6 is 12.2 Å². The second-order valence-electron chi connectivity index (χ2n) is 7.66. The molecule has 0 saturated heterocycles. The predicted molar refractivity (Wildman–Crippen MR) is 127 cm³/mol. The molecular weight excluding hydrogens is 408 g/mol. The lowest BCUT2D eigenvalue weighted by atomic mass is 10.1. The summed E-state index contributed by atoms with van der Waals surface area (Å²) in [6.07, 6.45) is 0. The van der Waals surface area contributed by atoms with E-state index in [1.165, 1.54) is 11.1 Å². The minimum absolute atomic E-state index is 0.263. The highest BCUT2D eigenvalue weighted by Crippen LogP contribution is 2.33. The summed E-state index contributed by atoms with van der Waals surface area (Å²) in [4.78, 5) is 2.14. The Morgan fingerprint density at radius 2 is 1.58 bits per heavy atom. The molecule has 1 N–H and O–H groups in total. The standard InChI is InChI=1S/C25H26N2O3S/c1-17-4-7-19(8-5-17)14-27(15-20-9-11-22-24(13-20)30-16-29-22)25(31)26-21-10-6-18(2)12-23(21)28-3/h4-13H,14-16H2,1-3H3,(H,26,31).